The fourth-order valence-corrected chi connectivity index (χ4v) is 2.53. The number of hydrogen-bond acceptors (Lipinski definition) is 5. The molecule has 5 nitrogen and oxygen atoms in total. The molecule has 3 rings (SSSR count). The minimum Gasteiger partial charge on any atom is -0.468 e. The molecular weight excluding hydrogens is 308 g/mol. The first kappa shape index (κ1) is 15.8. The first-order valence-electron chi connectivity index (χ1n) is 6.19. The summed E-state index contributed by atoms with van der Waals surface area (Å²) in [6.45, 7) is 0.579. The number of esters is 1. The van der Waals surface area contributed by atoms with Crippen LogP contribution in [0, 0.1) is 0 Å². The Morgan fingerprint density at radius 1 is 1.38 bits per heavy atom. The van der Waals surface area contributed by atoms with E-state index in [0.717, 1.165) is 5.56 Å². The molecule has 2 aliphatic rings. The first-order chi connectivity index (χ1) is 9.48. The third-order valence-corrected chi connectivity index (χ3v) is 3.51. The lowest BCUT2D eigenvalue weighted by Crippen LogP contribution is -2.31. The van der Waals surface area contributed by atoms with Crippen LogP contribution < -0.4 is 14.8 Å². The van der Waals surface area contributed by atoms with Crippen molar-refractivity contribution < 1.29 is 27.8 Å². The highest BCUT2D eigenvalue weighted by Gasteiger charge is 2.43. The highest BCUT2D eigenvalue weighted by Crippen LogP contribution is 2.43. The lowest BCUT2D eigenvalue weighted by atomic mass is 9.96. The largest absolute Gasteiger partial charge is 0.586 e. The van der Waals surface area contributed by atoms with Crippen LogP contribution in [0.1, 0.15) is 17.9 Å². The summed E-state index contributed by atoms with van der Waals surface area (Å²) >= 11 is 0. The molecule has 2 unspecified atom stereocenters. The number of carbonyl (C=O) groups is 1. The van der Waals surface area contributed by atoms with Gasteiger partial charge < -0.3 is 19.5 Å². The number of benzene rings is 1. The van der Waals surface area contributed by atoms with Crippen molar-refractivity contribution in [1.82, 2.24) is 5.32 Å². The molecule has 0 bridgehead atoms. The summed E-state index contributed by atoms with van der Waals surface area (Å²) in [5, 5.41) is 3.05. The molecule has 1 fully saturated rings. The Balaban J connectivity index is 0.00000161. The van der Waals surface area contributed by atoms with Crippen LogP contribution in [0.3, 0.4) is 0 Å². The van der Waals surface area contributed by atoms with E-state index in [2.05, 4.69) is 19.5 Å². The Hall–Kier alpha value is -1.60. The van der Waals surface area contributed by atoms with Gasteiger partial charge >= 0.3 is 12.3 Å². The van der Waals surface area contributed by atoms with Crippen molar-refractivity contribution in [3.05, 3.63) is 23.8 Å². The molecule has 0 aliphatic carbocycles. The van der Waals surface area contributed by atoms with E-state index in [1.54, 1.807) is 6.07 Å². The fourth-order valence-electron chi connectivity index (χ4n) is 2.53. The minimum absolute atomic E-state index is 0. The number of nitrogens with one attached hydrogen (secondary N) is 1. The molecule has 1 aromatic rings. The fraction of sp³-hybridized carbons (Fsp3) is 0.462. The van der Waals surface area contributed by atoms with Gasteiger partial charge in [0.25, 0.3) is 0 Å². The number of halogens is 3. The summed E-state index contributed by atoms with van der Waals surface area (Å²) in [7, 11) is 1.33. The third-order valence-electron chi connectivity index (χ3n) is 3.51. The van der Waals surface area contributed by atoms with Crippen LogP contribution in [-0.2, 0) is 9.53 Å². The van der Waals surface area contributed by atoms with Crippen LogP contribution in [0.25, 0.3) is 0 Å². The van der Waals surface area contributed by atoms with Crippen molar-refractivity contribution in [3.8, 4) is 11.5 Å². The van der Waals surface area contributed by atoms with Gasteiger partial charge in [0.2, 0.25) is 0 Å². The second-order valence-corrected chi connectivity index (χ2v) is 4.79. The summed E-state index contributed by atoms with van der Waals surface area (Å²) in [5.74, 6) is -0.231. The number of ether oxygens (including phenoxy) is 3. The molecule has 0 amide bonds. The number of alkyl halides is 2. The van der Waals surface area contributed by atoms with E-state index in [9.17, 15) is 13.6 Å². The Kier molecular flexibility index (Phi) is 4.25. The average molecular weight is 322 g/mol. The van der Waals surface area contributed by atoms with Crippen LogP contribution in [0.2, 0.25) is 0 Å². The zero-order valence-electron chi connectivity index (χ0n) is 11.1. The Bertz CT molecular complexity index is 555. The van der Waals surface area contributed by atoms with Crippen LogP contribution in [-0.4, -0.2) is 32.0 Å². The summed E-state index contributed by atoms with van der Waals surface area (Å²) in [4.78, 5) is 11.4. The van der Waals surface area contributed by atoms with Crippen LogP contribution in [0.15, 0.2) is 18.2 Å². The molecule has 116 valence electrons. The molecule has 0 saturated carbocycles. The van der Waals surface area contributed by atoms with Crippen LogP contribution in [0.5, 0.6) is 11.5 Å². The average Bonchev–Trinajstić information content (AvgIpc) is 2.99. The van der Waals surface area contributed by atoms with Crippen LogP contribution in [0.4, 0.5) is 8.78 Å². The number of hydrogen-bond donors (Lipinski definition) is 1. The van der Waals surface area contributed by atoms with Gasteiger partial charge in [-0.25, -0.2) is 0 Å². The van der Waals surface area contributed by atoms with E-state index in [-0.39, 0.29) is 41.8 Å². The van der Waals surface area contributed by atoms with E-state index in [4.69, 9.17) is 0 Å². The Morgan fingerprint density at radius 2 is 2.10 bits per heavy atom. The summed E-state index contributed by atoms with van der Waals surface area (Å²) < 4.78 is 39.3. The van der Waals surface area contributed by atoms with Crippen molar-refractivity contribution >= 4 is 18.4 Å². The van der Waals surface area contributed by atoms with Gasteiger partial charge in [-0.2, -0.15) is 0 Å². The quantitative estimate of drug-likeness (QED) is 0.845. The number of carbonyl (C=O) groups excluding carboxylic acids is 1. The second-order valence-electron chi connectivity index (χ2n) is 4.79. The van der Waals surface area contributed by atoms with Gasteiger partial charge in [-0.15, -0.1) is 21.2 Å². The molecule has 2 aliphatic heterocycles. The highest BCUT2D eigenvalue weighted by atomic mass is 35.5. The molecule has 0 aromatic heterocycles. The molecule has 21 heavy (non-hydrogen) atoms. The van der Waals surface area contributed by atoms with E-state index in [0.29, 0.717) is 13.0 Å². The summed E-state index contributed by atoms with van der Waals surface area (Å²) in [6, 6.07) is 4.33. The van der Waals surface area contributed by atoms with Gasteiger partial charge in [-0.3, -0.25) is 4.79 Å². The zero-order valence-corrected chi connectivity index (χ0v) is 11.9. The summed E-state index contributed by atoms with van der Waals surface area (Å²) in [5.41, 5.74) is 0.823. The van der Waals surface area contributed by atoms with Crippen molar-refractivity contribution in [1.29, 1.82) is 0 Å². The predicted molar refractivity (Wildman–Crippen MR) is 71.1 cm³/mol. The Labute approximate surface area is 126 Å². The van der Waals surface area contributed by atoms with Gasteiger partial charge in [0.05, 0.1) is 7.11 Å². The molecule has 0 radical (unpaired) electrons. The topological polar surface area (TPSA) is 56.8 Å². The van der Waals surface area contributed by atoms with Gasteiger partial charge in [0.1, 0.15) is 6.04 Å². The molecule has 1 saturated heterocycles. The molecular formula is C13H14ClF2NO4. The van der Waals surface area contributed by atoms with Crippen molar-refractivity contribution in [2.45, 2.75) is 24.7 Å². The Morgan fingerprint density at radius 3 is 2.81 bits per heavy atom. The number of methoxy groups -OCH3 is 1. The van der Waals surface area contributed by atoms with E-state index in [1.165, 1.54) is 19.2 Å². The molecule has 1 aromatic carbocycles. The number of rotatable bonds is 2. The zero-order chi connectivity index (χ0) is 14.3. The van der Waals surface area contributed by atoms with E-state index >= 15 is 0 Å². The molecule has 8 heteroatoms. The van der Waals surface area contributed by atoms with Gasteiger partial charge in [0, 0.05) is 6.54 Å². The molecule has 2 atom stereocenters. The van der Waals surface area contributed by atoms with E-state index in [1.807, 2.05) is 0 Å². The van der Waals surface area contributed by atoms with Gasteiger partial charge in [-0.1, -0.05) is 6.07 Å². The third kappa shape index (κ3) is 3.03. The first-order valence-corrected chi connectivity index (χ1v) is 6.19. The van der Waals surface area contributed by atoms with Gasteiger partial charge in [0.15, 0.2) is 11.5 Å². The molecule has 0 spiro atoms. The molecule has 1 N–H and O–H groups in total. The standard InChI is InChI=1S/C13H13F2NO4.ClH/c1-18-12(17)9-4-8(6-16-9)7-2-3-10-11(5-7)20-13(14,15)19-10;/h2-3,5,8-9,16H,4,6H2,1H3;1H. The highest BCUT2D eigenvalue weighted by molar-refractivity contribution is 5.85. The monoisotopic (exact) mass is 321 g/mol. The van der Waals surface area contributed by atoms with Crippen molar-refractivity contribution in [2.75, 3.05) is 13.7 Å². The SMILES string of the molecule is COC(=O)C1CC(c2ccc3c(c2)OC(F)(F)O3)CN1.Cl. The maximum Gasteiger partial charge on any atom is 0.586 e. The normalized spacial score (nSPS) is 25.3. The van der Waals surface area contributed by atoms with Crippen molar-refractivity contribution in [3.63, 3.8) is 0 Å². The van der Waals surface area contributed by atoms with Crippen LogP contribution >= 0.6 is 12.4 Å². The smallest absolute Gasteiger partial charge is 0.468 e. The minimum atomic E-state index is -3.61. The van der Waals surface area contributed by atoms with E-state index < -0.39 is 6.29 Å². The molecule has 2 heterocycles. The maximum absolute atomic E-state index is 12.9. The summed E-state index contributed by atoms with van der Waals surface area (Å²) in [6.07, 6.45) is -3.05. The second kappa shape index (κ2) is 5.65. The van der Waals surface area contributed by atoms with Gasteiger partial charge in [-0.05, 0) is 30.0 Å². The predicted octanol–water partition coefficient (Wildman–Crippen LogP) is 2.05. The number of fused-ring (bicyclic) bond motifs is 1. The van der Waals surface area contributed by atoms with Crippen molar-refractivity contribution in [2.24, 2.45) is 0 Å². The lowest BCUT2D eigenvalue weighted by molar-refractivity contribution is -0.286. The maximum atomic E-state index is 12.9. The lowest BCUT2D eigenvalue weighted by Gasteiger charge is -2.10.